The van der Waals surface area contributed by atoms with Crippen LogP contribution in [0.5, 0.6) is 5.75 Å². The minimum atomic E-state index is 0.699. The van der Waals surface area contributed by atoms with Gasteiger partial charge in [0, 0.05) is 12.6 Å². The average molecular weight is 233 g/mol. The molecule has 2 nitrogen and oxygen atoms in total. The van der Waals surface area contributed by atoms with Gasteiger partial charge in [-0.05, 0) is 36.5 Å². The molecule has 0 amide bonds. The predicted molar refractivity (Wildman–Crippen MR) is 71.3 cm³/mol. The summed E-state index contributed by atoms with van der Waals surface area (Å²) in [4.78, 5) is 0. The smallest absolute Gasteiger partial charge is 0.119 e. The van der Waals surface area contributed by atoms with Crippen molar-refractivity contribution >= 4 is 0 Å². The lowest BCUT2D eigenvalue weighted by Crippen LogP contribution is -2.33. The van der Waals surface area contributed by atoms with Crippen molar-refractivity contribution in [2.24, 2.45) is 5.92 Å². The molecule has 0 saturated heterocycles. The molecule has 1 saturated carbocycles. The van der Waals surface area contributed by atoms with Crippen LogP contribution >= 0.6 is 0 Å². The van der Waals surface area contributed by atoms with E-state index in [1.54, 1.807) is 7.11 Å². The van der Waals surface area contributed by atoms with Crippen LogP contribution in [0.4, 0.5) is 0 Å². The SMILES string of the molecule is COc1cccc(CNC2CCCC(C)C2)c1. The van der Waals surface area contributed by atoms with Gasteiger partial charge in [0.1, 0.15) is 5.75 Å². The van der Waals surface area contributed by atoms with Crippen molar-refractivity contribution < 1.29 is 4.74 Å². The molecule has 0 heterocycles. The third kappa shape index (κ3) is 3.74. The second-order valence-electron chi connectivity index (χ2n) is 5.20. The molecule has 0 radical (unpaired) electrons. The van der Waals surface area contributed by atoms with E-state index in [1.807, 2.05) is 6.07 Å². The Balaban J connectivity index is 1.84. The maximum Gasteiger partial charge on any atom is 0.119 e. The maximum absolute atomic E-state index is 5.24. The number of nitrogens with one attached hydrogen (secondary N) is 1. The Morgan fingerprint density at radius 2 is 2.24 bits per heavy atom. The molecule has 1 aliphatic carbocycles. The van der Waals surface area contributed by atoms with Gasteiger partial charge in [-0.15, -0.1) is 0 Å². The number of hydrogen-bond donors (Lipinski definition) is 1. The number of benzene rings is 1. The molecule has 1 N–H and O–H groups in total. The van der Waals surface area contributed by atoms with Gasteiger partial charge in [0.25, 0.3) is 0 Å². The van der Waals surface area contributed by atoms with Crippen molar-refractivity contribution in [1.82, 2.24) is 5.32 Å². The molecule has 1 aromatic rings. The van der Waals surface area contributed by atoms with Crippen LogP contribution in [0.2, 0.25) is 0 Å². The zero-order chi connectivity index (χ0) is 12.1. The Labute approximate surface area is 104 Å². The second-order valence-corrected chi connectivity index (χ2v) is 5.20. The Hall–Kier alpha value is -1.02. The van der Waals surface area contributed by atoms with Crippen LogP contribution in [-0.2, 0) is 6.54 Å². The van der Waals surface area contributed by atoms with Crippen LogP contribution in [0, 0.1) is 5.92 Å². The molecule has 0 spiro atoms. The fraction of sp³-hybridized carbons (Fsp3) is 0.600. The summed E-state index contributed by atoms with van der Waals surface area (Å²) in [6.07, 6.45) is 5.42. The molecule has 2 rings (SSSR count). The van der Waals surface area contributed by atoms with E-state index in [2.05, 4.69) is 30.4 Å². The second kappa shape index (κ2) is 6.06. The van der Waals surface area contributed by atoms with Crippen LogP contribution in [-0.4, -0.2) is 13.2 Å². The highest BCUT2D eigenvalue weighted by atomic mass is 16.5. The molecule has 0 aromatic heterocycles. The third-order valence-electron chi connectivity index (χ3n) is 3.67. The van der Waals surface area contributed by atoms with Gasteiger partial charge in [0.2, 0.25) is 0 Å². The van der Waals surface area contributed by atoms with Gasteiger partial charge in [-0.1, -0.05) is 31.9 Å². The highest BCUT2D eigenvalue weighted by Crippen LogP contribution is 2.23. The molecule has 1 aliphatic rings. The van der Waals surface area contributed by atoms with E-state index in [0.717, 1.165) is 18.2 Å². The summed E-state index contributed by atoms with van der Waals surface area (Å²) < 4.78 is 5.24. The number of rotatable bonds is 4. The molecule has 0 bridgehead atoms. The molecular weight excluding hydrogens is 210 g/mol. The predicted octanol–water partition coefficient (Wildman–Crippen LogP) is 3.36. The lowest BCUT2D eigenvalue weighted by Gasteiger charge is -2.27. The van der Waals surface area contributed by atoms with Gasteiger partial charge in [-0.25, -0.2) is 0 Å². The number of methoxy groups -OCH3 is 1. The summed E-state index contributed by atoms with van der Waals surface area (Å²) in [5.41, 5.74) is 1.31. The lowest BCUT2D eigenvalue weighted by atomic mass is 9.87. The monoisotopic (exact) mass is 233 g/mol. The van der Waals surface area contributed by atoms with Gasteiger partial charge in [0.15, 0.2) is 0 Å². The van der Waals surface area contributed by atoms with Crippen molar-refractivity contribution in [3.63, 3.8) is 0 Å². The summed E-state index contributed by atoms with van der Waals surface area (Å²) in [6, 6.07) is 9.01. The lowest BCUT2D eigenvalue weighted by molar-refractivity contribution is 0.300. The first-order chi connectivity index (χ1) is 8.28. The van der Waals surface area contributed by atoms with Crippen LogP contribution < -0.4 is 10.1 Å². The minimum absolute atomic E-state index is 0.699. The standard InChI is InChI=1S/C15H23NO/c1-12-5-3-7-14(9-12)16-11-13-6-4-8-15(10-13)17-2/h4,6,8,10,12,14,16H,3,5,7,9,11H2,1-2H3. The summed E-state index contributed by atoms with van der Waals surface area (Å²) in [5.74, 6) is 1.83. The first kappa shape index (κ1) is 12.4. The Morgan fingerprint density at radius 3 is 3.00 bits per heavy atom. The summed E-state index contributed by atoms with van der Waals surface area (Å²) in [6.45, 7) is 3.31. The van der Waals surface area contributed by atoms with E-state index in [-0.39, 0.29) is 0 Å². The van der Waals surface area contributed by atoms with Crippen molar-refractivity contribution in [3.8, 4) is 5.75 Å². The molecule has 2 atom stereocenters. The van der Waals surface area contributed by atoms with Crippen molar-refractivity contribution in [2.75, 3.05) is 7.11 Å². The number of ether oxygens (including phenoxy) is 1. The van der Waals surface area contributed by atoms with E-state index in [0.29, 0.717) is 6.04 Å². The molecule has 94 valence electrons. The van der Waals surface area contributed by atoms with E-state index in [4.69, 9.17) is 4.74 Å². The molecule has 1 aromatic carbocycles. The minimum Gasteiger partial charge on any atom is -0.497 e. The quantitative estimate of drug-likeness (QED) is 0.861. The molecule has 2 heteroatoms. The van der Waals surface area contributed by atoms with Gasteiger partial charge in [-0.3, -0.25) is 0 Å². The molecule has 2 unspecified atom stereocenters. The molecule has 1 fully saturated rings. The summed E-state index contributed by atoms with van der Waals surface area (Å²) in [5, 5.41) is 3.66. The maximum atomic E-state index is 5.24. The zero-order valence-electron chi connectivity index (χ0n) is 10.9. The van der Waals surface area contributed by atoms with E-state index in [9.17, 15) is 0 Å². The molecular formula is C15H23NO. The van der Waals surface area contributed by atoms with Gasteiger partial charge >= 0.3 is 0 Å². The third-order valence-corrected chi connectivity index (χ3v) is 3.67. The van der Waals surface area contributed by atoms with Gasteiger partial charge in [0.05, 0.1) is 7.11 Å². The van der Waals surface area contributed by atoms with E-state index >= 15 is 0 Å². The average Bonchev–Trinajstić information content (AvgIpc) is 2.37. The van der Waals surface area contributed by atoms with Crippen LogP contribution in [0.25, 0.3) is 0 Å². The Bertz CT molecular complexity index is 351. The molecule has 17 heavy (non-hydrogen) atoms. The van der Waals surface area contributed by atoms with Crippen LogP contribution in [0.1, 0.15) is 38.2 Å². The van der Waals surface area contributed by atoms with Crippen LogP contribution in [0.3, 0.4) is 0 Å². The van der Waals surface area contributed by atoms with Crippen molar-refractivity contribution in [3.05, 3.63) is 29.8 Å². The fourth-order valence-corrected chi connectivity index (χ4v) is 2.66. The Kier molecular flexibility index (Phi) is 4.43. The van der Waals surface area contributed by atoms with Gasteiger partial charge in [-0.2, -0.15) is 0 Å². The largest absolute Gasteiger partial charge is 0.497 e. The first-order valence-corrected chi connectivity index (χ1v) is 6.64. The van der Waals surface area contributed by atoms with Gasteiger partial charge < -0.3 is 10.1 Å². The summed E-state index contributed by atoms with van der Waals surface area (Å²) >= 11 is 0. The van der Waals surface area contributed by atoms with Crippen molar-refractivity contribution in [1.29, 1.82) is 0 Å². The Morgan fingerprint density at radius 1 is 1.35 bits per heavy atom. The number of hydrogen-bond acceptors (Lipinski definition) is 2. The fourth-order valence-electron chi connectivity index (χ4n) is 2.66. The normalized spacial score (nSPS) is 24.6. The van der Waals surface area contributed by atoms with Crippen molar-refractivity contribution in [2.45, 2.75) is 45.2 Å². The van der Waals surface area contributed by atoms with E-state index < -0.39 is 0 Å². The first-order valence-electron chi connectivity index (χ1n) is 6.64. The molecule has 0 aliphatic heterocycles. The highest BCUT2D eigenvalue weighted by Gasteiger charge is 2.17. The van der Waals surface area contributed by atoms with Crippen LogP contribution in [0.15, 0.2) is 24.3 Å². The van der Waals surface area contributed by atoms with E-state index in [1.165, 1.54) is 31.2 Å². The topological polar surface area (TPSA) is 21.3 Å². The highest BCUT2D eigenvalue weighted by molar-refractivity contribution is 5.28. The zero-order valence-corrected chi connectivity index (χ0v) is 10.9. The summed E-state index contributed by atoms with van der Waals surface area (Å²) in [7, 11) is 1.72.